The number of allylic oxidation sites excluding steroid dienone is 1. The number of hydrogen-bond acceptors (Lipinski definition) is 3. The lowest BCUT2D eigenvalue weighted by atomic mass is 10.1. The highest BCUT2D eigenvalue weighted by Gasteiger charge is 2.27. The topological polar surface area (TPSA) is 39.4 Å². The molecular formula is C24H22BrNO3. The Hall–Kier alpha value is -2.92. The number of carbonyl (C=O) groups excluding carboxylic acids is 1. The summed E-state index contributed by atoms with van der Waals surface area (Å²) in [7, 11) is 3.18. The second kappa shape index (κ2) is 9.05. The number of rotatable bonds is 5. The number of pyridine rings is 1. The van der Waals surface area contributed by atoms with Gasteiger partial charge in [0.2, 0.25) is 0 Å². The maximum Gasteiger partial charge on any atom is 0.189 e. The number of fused-ring (bicyclic) bond motifs is 1. The number of methoxy groups -OCH3 is 2. The maximum atomic E-state index is 12.9. The number of carbonyl (C=O) groups is 1. The average molecular weight is 452 g/mol. The maximum absolute atomic E-state index is 12.9. The van der Waals surface area contributed by atoms with Crippen LogP contribution in [0.4, 0.5) is 0 Å². The van der Waals surface area contributed by atoms with Crippen molar-refractivity contribution in [2.24, 2.45) is 0 Å². The van der Waals surface area contributed by atoms with Gasteiger partial charge in [0.1, 0.15) is 0 Å². The highest BCUT2D eigenvalue weighted by molar-refractivity contribution is 6.15. The van der Waals surface area contributed by atoms with Crippen LogP contribution < -0.4 is 31.0 Å². The quantitative estimate of drug-likeness (QED) is 0.426. The minimum atomic E-state index is 0. The first-order chi connectivity index (χ1) is 13.7. The molecule has 29 heavy (non-hydrogen) atoms. The molecule has 0 amide bonds. The molecule has 0 N–H and O–H groups in total. The minimum absolute atomic E-state index is 0. The first-order valence-electron chi connectivity index (χ1n) is 9.21. The number of aromatic nitrogens is 1. The number of halogens is 1. The van der Waals surface area contributed by atoms with Gasteiger partial charge in [-0.1, -0.05) is 30.3 Å². The molecule has 3 aromatic rings. The monoisotopic (exact) mass is 451 g/mol. The second-order valence-electron chi connectivity index (χ2n) is 6.84. The van der Waals surface area contributed by atoms with Crippen LogP contribution in [0.5, 0.6) is 11.5 Å². The van der Waals surface area contributed by atoms with E-state index in [2.05, 4.69) is 22.9 Å². The lowest BCUT2D eigenvalue weighted by Gasteiger charge is -2.08. The van der Waals surface area contributed by atoms with Gasteiger partial charge in [0.15, 0.2) is 36.2 Å². The molecule has 1 heterocycles. The van der Waals surface area contributed by atoms with Gasteiger partial charge in [0, 0.05) is 34.8 Å². The number of ether oxygens (including phenoxy) is 2. The number of hydrogen-bond donors (Lipinski definition) is 0. The highest BCUT2D eigenvalue weighted by atomic mass is 79.9. The van der Waals surface area contributed by atoms with Gasteiger partial charge in [0.05, 0.1) is 14.2 Å². The molecule has 0 aliphatic heterocycles. The van der Waals surface area contributed by atoms with Crippen molar-refractivity contribution in [2.45, 2.75) is 13.0 Å². The number of nitrogens with zero attached hydrogens (tertiary/aromatic N) is 1. The predicted molar refractivity (Wildman–Crippen MR) is 108 cm³/mol. The highest BCUT2D eigenvalue weighted by Crippen LogP contribution is 2.36. The van der Waals surface area contributed by atoms with Gasteiger partial charge in [-0.2, -0.15) is 0 Å². The molecule has 0 saturated carbocycles. The van der Waals surface area contributed by atoms with Crippen LogP contribution >= 0.6 is 0 Å². The van der Waals surface area contributed by atoms with Crippen molar-refractivity contribution in [1.82, 2.24) is 0 Å². The zero-order valence-electron chi connectivity index (χ0n) is 16.4. The molecule has 148 valence electrons. The van der Waals surface area contributed by atoms with Crippen molar-refractivity contribution >= 4 is 11.9 Å². The summed E-state index contributed by atoms with van der Waals surface area (Å²) in [6.45, 7) is 0.792. The van der Waals surface area contributed by atoms with E-state index in [9.17, 15) is 4.79 Å². The Labute approximate surface area is 181 Å². The molecule has 0 radical (unpaired) electrons. The SMILES string of the molecule is COc1cc2c(cc1OC)C(=O)C(=Cc1ccc[n+](Cc3ccccc3)c1)C2.[Br-]. The van der Waals surface area contributed by atoms with Crippen LogP contribution in [0.1, 0.15) is 27.0 Å². The summed E-state index contributed by atoms with van der Waals surface area (Å²) in [6, 6.07) is 18.0. The van der Waals surface area contributed by atoms with Gasteiger partial charge >= 0.3 is 0 Å². The van der Waals surface area contributed by atoms with Gasteiger partial charge in [-0.25, -0.2) is 4.57 Å². The van der Waals surface area contributed by atoms with Gasteiger partial charge < -0.3 is 26.5 Å². The van der Waals surface area contributed by atoms with Gasteiger partial charge in [0.25, 0.3) is 0 Å². The molecule has 1 aromatic heterocycles. The van der Waals surface area contributed by atoms with E-state index in [1.807, 2.05) is 48.7 Å². The van der Waals surface area contributed by atoms with Crippen molar-refractivity contribution in [2.75, 3.05) is 14.2 Å². The van der Waals surface area contributed by atoms with Crippen LogP contribution in [-0.2, 0) is 13.0 Å². The summed E-state index contributed by atoms with van der Waals surface area (Å²) in [5.74, 6) is 1.28. The first-order valence-corrected chi connectivity index (χ1v) is 9.21. The largest absolute Gasteiger partial charge is 1.00 e. The number of ketones is 1. The van der Waals surface area contributed by atoms with Gasteiger partial charge in [-0.15, -0.1) is 0 Å². The van der Waals surface area contributed by atoms with E-state index >= 15 is 0 Å². The zero-order chi connectivity index (χ0) is 19.5. The van der Waals surface area contributed by atoms with Gasteiger partial charge in [-0.05, 0) is 29.8 Å². The van der Waals surface area contributed by atoms with Crippen molar-refractivity contribution in [1.29, 1.82) is 0 Å². The van der Waals surface area contributed by atoms with Crippen LogP contribution in [0.15, 0.2) is 72.6 Å². The number of benzene rings is 2. The summed E-state index contributed by atoms with van der Waals surface area (Å²) < 4.78 is 12.8. The molecule has 0 unspecified atom stereocenters. The molecule has 1 aliphatic carbocycles. The Kier molecular flexibility index (Phi) is 6.49. The lowest BCUT2D eigenvalue weighted by Crippen LogP contribution is -3.00. The molecule has 0 spiro atoms. The van der Waals surface area contributed by atoms with E-state index in [0.717, 1.165) is 23.2 Å². The molecule has 0 fully saturated rings. The van der Waals surface area contributed by atoms with Gasteiger partial charge in [-0.3, -0.25) is 4.79 Å². The average Bonchev–Trinajstić information content (AvgIpc) is 3.02. The normalized spacial score (nSPS) is 13.7. The van der Waals surface area contributed by atoms with Crippen molar-refractivity contribution < 1.29 is 35.8 Å². The Bertz CT molecular complexity index is 1060. The van der Waals surface area contributed by atoms with E-state index < -0.39 is 0 Å². The Morgan fingerprint density at radius 2 is 1.72 bits per heavy atom. The molecule has 4 nitrogen and oxygen atoms in total. The van der Waals surface area contributed by atoms with E-state index in [4.69, 9.17) is 9.47 Å². The molecule has 0 saturated heterocycles. The zero-order valence-corrected chi connectivity index (χ0v) is 18.0. The molecule has 1 aliphatic rings. The summed E-state index contributed by atoms with van der Waals surface area (Å²) in [5, 5.41) is 0. The van der Waals surface area contributed by atoms with Crippen molar-refractivity contribution in [3.05, 3.63) is 94.8 Å². The third kappa shape index (κ3) is 4.40. The summed E-state index contributed by atoms with van der Waals surface area (Å²) in [6.07, 6.45) is 6.68. The third-order valence-corrected chi connectivity index (χ3v) is 4.96. The molecular weight excluding hydrogens is 430 g/mol. The van der Waals surface area contributed by atoms with Crippen molar-refractivity contribution in [3.63, 3.8) is 0 Å². The second-order valence-corrected chi connectivity index (χ2v) is 6.84. The van der Waals surface area contributed by atoms with Crippen LogP contribution in [0, 0.1) is 0 Å². The lowest BCUT2D eigenvalue weighted by molar-refractivity contribution is -0.688. The molecule has 0 bridgehead atoms. The van der Waals surface area contributed by atoms with Crippen LogP contribution in [0.3, 0.4) is 0 Å². The van der Waals surface area contributed by atoms with E-state index in [0.29, 0.717) is 23.5 Å². The van der Waals surface area contributed by atoms with Crippen LogP contribution in [0.25, 0.3) is 6.08 Å². The Morgan fingerprint density at radius 3 is 2.45 bits per heavy atom. The summed E-state index contributed by atoms with van der Waals surface area (Å²) in [4.78, 5) is 12.9. The first kappa shape index (κ1) is 20.8. The molecule has 0 atom stereocenters. The van der Waals surface area contributed by atoms with E-state index in [1.165, 1.54) is 5.56 Å². The fourth-order valence-corrected chi connectivity index (χ4v) is 3.58. The Balaban J connectivity index is 0.00000240. The smallest absolute Gasteiger partial charge is 0.189 e. The molecule has 4 rings (SSSR count). The molecule has 5 heteroatoms. The minimum Gasteiger partial charge on any atom is -1.00 e. The van der Waals surface area contributed by atoms with Crippen molar-refractivity contribution in [3.8, 4) is 11.5 Å². The summed E-state index contributed by atoms with van der Waals surface area (Å²) in [5.41, 5.74) is 4.69. The summed E-state index contributed by atoms with van der Waals surface area (Å²) >= 11 is 0. The fraction of sp³-hybridized carbons (Fsp3) is 0.167. The standard InChI is InChI=1S/C24H22NO3.BrH/c1-27-22-13-19-12-20(24(26)21(19)14-23(22)28-2)11-18-9-6-10-25(16-18)15-17-7-4-3-5-8-17;/h3-11,13-14,16H,12,15H2,1-2H3;1H/q+1;/p-1. The molecule has 2 aromatic carbocycles. The van der Waals surface area contributed by atoms with Crippen LogP contribution in [0.2, 0.25) is 0 Å². The number of Topliss-reactive ketones (excluding diaryl/α,β-unsaturated/α-hetero) is 1. The van der Waals surface area contributed by atoms with E-state index in [-0.39, 0.29) is 22.8 Å². The fourth-order valence-electron chi connectivity index (χ4n) is 3.58. The van der Waals surface area contributed by atoms with Crippen LogP contribution in [-0.4, -0.2) is 20.0 Å². The third-order valence-electron chi connectivity index (χ3n) is 4.96. The Morgan fingerprint density at radius 1 is 1.00 bits per heavy atom. The predicted octanol–water partition coefficient (Wildman–Crippen LogP) is 0.866. The van der Waals surface area contributed by atoms with E-state index in [1.54, 1.807) is 20.3 Å².